The van der Waals surface area contributed by atoms with Crippen molar-refractivity contribution in [2.24, 2.45) is 0 Å². The van der Waals surface area contributed by atoms with Crippen molar-refractivity contribution >= 4 is 34.9 Å². The van der Waals surface area contributed by atoms with Gasteiger partial charge < -0.3 is 29.8 Å². The first-order chi connectivity index (χ1) is 19.1. The number of methoxy groups -OCH3 is 1. The molecule has 200 valence electrons. The number of ether oxygens (including phenoxy) is 2. The van der Waals surface area contributed by atoms with E-state index in [0.29, 0.717) is 37.0 Å². The number of hydrogen-bond donors (Lipinski definition) is 3. The molecule has 2 aromatic carbocycles. The lowest BCUT2D eigenvalue weighted by atomic mass is 10.1. The van der Waals surface area contributed by atoms with Crippen LogP contribution in [-0.4, -0.2) is 53.5 Å². The molecule has 0 saturated carbocycles. The Morgan fingerprint density at radius 1 is 1.18 bits per heavy atom. The van der Waals surface area contributed by atoms with Crippen LogP contribution in [0, 0.1) is 0 Å². The summed E-state index contributed by atoms with van der Waals surface area (Å²) in [5, 5.41) is 13.4. The van der Waals surface area contributed by atoms with E-state index in [9.17, 15) is 9.90 Å². The van der Waals surface area contributed by atoms with Gasteiger partial charge in [0.05, 0.1) is 44.5 Å². The SMILES string of the molecule is COc1cncc(C(CO)Nc2ccc3c(c2)Sc2cccc(C4CN(c5ccc[nH]c5=O)CCO4)c2S3)n1. The summed E-state index contributed by atoms with van der Waals surface area (Å²) in [6, 6.07) is 15.8. The molecule has 0 aliphatic carbocycles. The van der Waals surface area contributed by atoms with Crippen molar-refractivity contribution in [3.8, 4) is 5.88 Å². The number of aliphatic hydroxyl groups excluding tert-OH is 1. The summed E-state index contributed by atoms with van der Waals surface area (Å²) in [6.45, 7) is 1.70. The molecule has 1 fully saturated rings. The average molecular weight is 562 g/mol. The minimum absolute atomic E-state index is 0.0848. The van der Waals surface area contributed by atoms with Crippen LogP contribution in [0.1, 0.15) is 23.4 Å². The largest absolute Gasteiger partial charge is 0.480 e. The molecule has 11 heteroatoms. The molecule has 2 atom stereocenters. The molecule has 2 aliphatic heterocycles. The Balaban J connectivity index is 1.22. The van der Waals surface area contributed by atoms with Gasteiger partial charge in [-0.25, -0.2) is 4.98 Å². The van der Waals surface area contributed by atoms with E-state index in [-0.39, 0.29) is 18.3 Å². The lowest BCUT2D eigenvalue weighted by Crippen LogP contribution is -2.41. The fourth-order valence-corrected chi connectivity index (χ4v) is 7.18. The third-order valence-corrected chi connectivity index (χ3v) is 9.27. The van der Waals surface area contributed by atoms with Crippen molar-refractivity contribution in [1.82, 2.24) is 15.0 Å². The molecule has 6 rings (SSSR count). The number of H-pyrrole nitrogens is 1. The minimum atomic E-state index is -0.422. The van der Waals surface area contributed by atoms with E-state index >= 15 is 0 Å². The monoisotopic (exact) mass is 561 g/mol. The quantitative estimate of drug-likeness (QED) is 0.262. The molecule has 0 amide bonds. The third-order valence-electron chi connectivity index (χ3n) is 6.66. The number of nitrogens with one attached hydrogen (secondary N) is 2. The number of hydrogen-bond acceptors (Lipinski definition) is 10. The Kier molecular flexibility index (Phi) is 7.47. The van der Waals surface area contributed by atoms with Gasteiger partial charge in [0.1, 0.15) is 11.8 Å². The average Bonchev–Trinajstić information content (AvgIpc) is 2.98. The van der Waals surface area contributed by atoms with E-state index in [1.807, 2.05) is 18.2 Å². The van der Waals surface area contributed by atoms with E-state index in [4.69, 9.17) is 9.47 Å². The van der Waals surface area contributed by atoms with Crippen LogP contribution < -0.4 is 20.5 Å². The number of aromatic amines is 1. The van der Waals surface area contributed by atoms with Gasteiger partial charge in [-0.1, -0.05) is 35.7 Å². The summed E-state index contributed by atoms with van der Waals surface area (Å²) in [5.74, 6) is 0.401. The minimum Gasteiger partial charge on any atom is -0.480 e. The summed E-state index contributed by atoms with van der Waals surface area (Å²) in [7, 11) is 1.54. The smallest absolute Gasteiger partial charge is 0.271 e. The second kappa shape index (κ2) is 11.3. The molecule has 2 aliphatic rings. The number of rotatable bonds is 7. The highest BCUT2D eigenvalue weighted by atomic mass is 32.2. The summed E-state index contributed by atoms with van der Waals surface area (Å²) < 4.78 is 11.4. The number of anilines is 2. The highest BCUT2D eigenvalue weighted by molar-refractivity contribution is 8.05. The molecule has 39 heavy (non-hydrogen) atoms. The second-order valence-corrected chi connectivity index (χ2v) is 11.2. The number of pyridine rings is 1. The first-order valence-corrected chi connectivity index (χ1v) is 14.2. The van der Waals surface area contributed by atoms with Crippen molar-refractivity contribution in [2.75, 3.05) is 43.6 Å². The van der Waals surface area contributed by atoms with E-state index in [2.05, 4.69) is 55.5 Å². The van der Waals surface area contributed by atoms with E-state index < -0.39 is 6.04 Å². The maximum absolute atomic E-state index is 12.4. The number of benzene rings is 2. The number of aromatic nitrogens is 3. The molecule has 1 saturated heterocycles. The van der Waals surface area contributed by atoms with Crippen molar-refractivity contribution in [3.63, 3.8) is 0 Å². The predicted molar refractivity (Wildman–Crippen MR) is 151 cm³/mol. The fraction of sp³-hybridized carbons (Fsp3) is 0.250. The second-order valence-electron chi connectivity index (χ2n) is 9.10. The van der Waals surface area contributed by atoms with E-state index in [1.54, 1.807) is 35.9 Å². The third kappa shape index (κ3) is 5.35. The molecular weight excluding hydrogens is 534 g/mol. The molecule has 2 aromatic heterocycles. The van der Waals surface area contributed by atoms with Crippen LogP contribution in [0.5, 0.6) is 5.88 Å². The Morgan fingerprint density at radius 2 is 2.10 bits per heavy atom. The highest BCUT2D eigenvalue weighted by Crippen LogP contribution is 2.52. The normalized spacial score (nSPS) is 17.2. The van der Waals surface area contributed by atoms with Crippen molar-refractivity contribution in [1.29, 1.82) is 0 Å². The van der Waals surface area contributed by atoms with Crippen LogP contribution in [0.4, 0.5) is 11.4 Å². The first kappa shape index (κ1) is 25.8. The Hall–Kier alpha value is -3.51. The topological polar surface area (TPSA) is 113 Å². The molecule has 4 heterocycles. The van der Waals surface area contributed by atoms with Crippen LogP contribution in [0.15, 0.2) is 91.5 Å². The number of aliphatic hydroxyl groups is 1. The maximum atomic E-state index is 12.4. The van der Waals surface area contributed by atoms with Crippen LogP contribution in [0.2, 0.25) is 0 Å². The van der Waals surface area contributed by atoms with Crippen molar-refractivity contribution in [2.45, 2.75) is 31.7 Å². The lowest BCUT2D eigenvalue weighted by molar-refractivity contribution is 0.0378. The van der Waals surface area contributed by atoms with Gasteiger partial charge >= 0.3 is 0 Å². The van der Waals surface area contributed by atoms with Crippen LogP contribution in [-0.2, 0) is 4.74 Å². The van der Waals surface area contributed by atoms with Crippen molar-refractivity contribution in [3.05, 3.63) is 88.7 Å². The zero-order chi connectivity index (χ0) is 26.8. The van der Waals surface area contributed by atoms with Gasteiger partial charge in [0, 0.05) is 44.6 Å². The lowest BCUT2D eigenvalue weighted by Gasteiger charge is -2.35. The molecule has 0 radical (unpaired) electrons. The van der Waals surface area contributed by atoms with Gasteiger partial charge in [-0.05, 0) is 42.0 Å². The summed E-state index contributed by atoms with van der Waals surface area (Å²) in [4.78, 5) is 30.4. The number of morpholine rings is 1. The molecule has 9 nitrogen and oxygen atoms in total. The predicted octanol–water partition coefficient (Wildman–Crippen LogP) is 4.51. The molecule has 3 N–H and O–H groups in total. The standard InChI is InChI=1S/C28H27N5O4S2/c1-36-26-14-29-13-19(32-26)20(16-34)31-17-7-8-23-25(12-17)38-24-6-2-4-18(27(24)39-23)22-15-33(10-11-37-22)21-5-3-9-30-28(21)35/h2-9,12-14,20,22,31,34H,10-11,15-16H2,1H3,(H,30,35). The van der Waals surface area contributed by atoms with Gasteiger partial charge in [0.15, 0.2) is 0 Å². The Labute approximate surface area is 234 Å². The molecule has 4 aromatic rings. The zero-order valence-corrected chi connectivity index (χ0v) is 22.8. The van der Waals surface area contributed by atoms with Gasteiger partial charge in [0.25, 0.3) is 5.56 Å². The van der Waals surface area contributed by atoms with Gasteiger partial charge in [-0.3, -0.25) is 9.78 Å². The van der Waals surface area contributed by atoms with Crippen LogP contribution >= 0.6 is 23.5 Å². The van der Waals surface area contributed by atoms with E-state index in [0.717, 1.165) is 25.9 Å². The number of nitrogens with zero attached hydrogens (tertiary/aromatic N) is 3. The summed E-state index contributed by atoms with van der Waals surface area (Å²) in [5.41, 5.74) is 3.20. The molecule has 2 unspecified atom stereocenters. The molecule has 0 spiro atoms. The first-order valence-electron chi connectivity index (χ1n) is 12.5. The Bertz CT molecular complexity index is 1550. The van der Waals surface area contributed by atoms with Gasteiger partial charge in [0.2, 0.25) is 5.88 Å². The van der Waals surface area contributed by atoms with Gasteiger partial charge in [-0.2, -0.15) is 0 Å². The van der Waals surface area contributed by atoms with Gasteiger partial charge in [-0.15, -0.1) is 0 Å². The van der Waals surface area contributed by atoms with E-state index in [1.165, 1.54) is 18.2 Å². The maximum Gasteiger partial charge on any atom is 0.271 e. The molecular formula is C28H27N5O4S2. The van der Waals surface area contributed by atoms with Crippen LogP contribution in [0.25, 0.3) is 0 Å². The highest BCUT2D eigenvalue weighted by Gasteiger charge is 2.29. The van der Waals surface area contributed by atoms with Crippen LogP contribution in [0.3, 0.4) is 0 Å². The zero-order valence-electron chi connectivity index (χ0n) is 21.2. The fourth-order valence-electron chi connectivity index (χ4n) is 4.73. The summed E-state index contributed by atoms with van der Waals surface area (Å²) in [6.07, 6.45) is 4.67. The molecule has 0 bridgehead atoms. The Morgan fingerprint density at radius 3 is 2.95 bits per heavy atom. The number of fused-ring (bicyclic) bond motifs is 2. The summed E-state index contributed by atoms with van der Waals surface area (Å²) >= 11 is 3.45. The van der Waals surface area contributed by atoms with Crippen molar-refractivity contribution < 1.29 is 14.6 Å².